The summed E-state index contributed by atoms with van der Waals surface area (Å²) in [5.41, 5.74) is 4.26. The number of nitrogens with one attached hydrogen (secondary N) is 2. The molecule has 5 heteroatoms. The molecule has 2 aromatic carbocycles. The van der Waals surface area contributed by atoms with E-state index >= 15 is 0 Å². The number of benzene rings is 2. The molecule has 1 aliphatic heterocycles. The summed E-state index contributed by atoms with van der Waals surface area (Å²) >= 11 is 6.07. The van der Waals surface area contributed by atoms with Crippen molar-refractivity contribution in [1.29, 1.82) is 0 Å². The van der Waals surface area contributed by atoms with Gasteiger partial charge in [-0.1, -0.05) is 35.9 Å². The van der Waals surface area contributed by atoms with Gasteiger partial charge in [0.05, 0.1) is 6.04 Å². The first-order valence-corrected chi connectivity index (χ1v) is 10.1. The Bertz CT molecular complexity index is 879. The summed E-state index contributed by atoms with van der Waals surface area (Å²) in [7, 11) is 1.67. The number of carbonyl (C=O) groups excluding carboxylic acids is 1. The summed E-state index contributed by atoms with van der Waals surface area (Å²) in [5, 5.41) is 7.42. The summed E-state index contributed by atoms with van der Waals surface area (Å²) in [5.74, 6) is 0.726. The Morgan fingerprint density at radius 3 is 2.86 bits per heavy atom. The van der Waals surface area contributed by atoms with Gasteiger partial charge in [-0.05, 0) is 60.2 Å². The topological polar surface area (TPSA) is 50.4 Å². The molecular weight excluding hydrogens is 372 g/mol. The van der Waals surface area contributed by atoms with E-state index in [0.29, 0.717) is 30.6 Å². The molecular formula is C23H25ClN2O2. The lowest BCUT2D eigenvalue weighted by Gasteiger charge is -2.37. The van der Waals surface area contributed by atoms with Crippen LogP contribution in [-0.4, -0.2) is 26.2 Å². The zero-order valence-electron chi connectivity index (χ0n) is 16.0. The standard InChI is InChI=1S/C23H25ClN2O2/c1-28-13-3-12-25-23(27)16-8-11-21-20(14-16)18-4-2-5-19(18)22(26-21)15-6-9-17(24)10-7-15/h2,4,6-11,14,18-19,22,26H,3,5,12-13H2,1H3,(H,25,27)/t18-,19+,22-/m1/s1. The monoisotopic (exact) mass is 396 g/mol. The number of amides is 1. The smallest absolute Gasteiger partial charge is 0.251 e. The van der Waals surface area contributed by atoms with Gasteiger partial charge in [-0.2, -0.15) is 0 Å². The van der Waals surface area contributed by atoms with Crippen molar-refractivity contribution in [3.8, 4) is 0 Å². The molecule has 0 fully saturated rings. The van der Waals surface area contributed by atoms with E-state index in [4.69, 9.17) is 16.3 Å². The Labute approximate surface area is 170 Å². The van der Waals surface area contributed by atoms with Crippen molar-refractivity contribution >= 4 is 23.2 Å². The van der Waals surface area contributed by atoms with E-state index in [-0.39, 0.29) is 11.9 Å². The first-order chi connectivity index (χ1) is 13.7. The van der Waals surface area contributed by atoms with Gasteiger partial charge in [0.25, 0.3) is 5.91 Å². The number of fused-ring (bicyclic) bond motifs is 3. The zero-order chi connectivity index (χ0) is 19.5. The number of carbonyl (C=O) groups is 1. The van der Waals surface area contributed by atoms with Gasteiger partial charge in [0.1, 0.15) is 0 Å². The fourth-order valence-electron chi connectivity index (χ4n) is 4.26. The highest BCUT2D eigenvalue weighted by Gasteiger charge is 2.38. The summed E-state index contributed by atoms with van der Waals surface area (Å²) in [6, 6.07) is 14.3. The van der Waals surface area contributed by atoms with Gasteiger partial charge in [0.15, 0.2) is 0 Å². The van der Waals surface area contributed by atoms with E-state index in [1.54, 1.807) is 7.11 Å². The number of methoxy groups -OCH3 is 1. The SMILES string of the molecule is COCCCNC(=O)c1ccc2c(c1)[C@@H]1C=CC[C@@H]1[C@@H](c1ccc(Cl)cc1)N2. The van der Waals surface area contributed by atoms with Crippen LogP contribution < -0.4 is 10.6 Å². The van der Waals surface area contributed by atoms with Gasteiger partial charge in [0.2, 0.25) is 0 Å². The van der Waals surface area contributed by atoms with E-state index in [1.165, 1.54) is 11.1 Å². The number of ether oxygens (including phenoxy) is 1. The lowest BCUT2D eigenvalue weighted by molar-refractivity contribution is 0.0948. The van der Waals surface area contributed by atoms with Gasteiger partial charge in [0, 0.05) is 42.5 Å². The molecule has 4 rings (SSSR count). The highest BCUT2D eigenvalue weighted by atomic mass is 35.5. The number of rotatable bonds is 6. The Hall–Kier alpha value is -2.30. The molecule has 1 heterocycles. The van der Waals surface area contributed by atoms with Crippen LogP contribution in [0.3, 0.4) is 0 Å². The van der Waals surface area contributed by atoms with Crippen molar-refractivity contribution in [1.82, 2.24) is 5.32 Å². The van der Waals surface area contributed by atoms with Crippen molar-refractivity contribution in [3.05, 3.63) is 76.3 Å². The fourth-order valence-corrected chi connectivity index (χ4v) is 4.38. The van der Waals surface area contributed by atoms with Crippen LogP contribution in [0.2, 0.25) is 5.02 Å². The summed E-state index contributed by atoms with van der Waals surface area (Å²) in [6.45, 7) is 1.27. The van der Waals surface area contributed by atoms with E-state index in [9.17, 15) is 4.79 Å². The van der Waals surface area contributed by atoms with Crippen molar-refractivity contribution in [2.75, 3.05) is 25.6 Å². The van der Waals surface area contributed by atoms with Crippen LogP contribution in [-0.2, 0) is 4.74 Å². The second-order valence-electron chi connectivity index (χ2n) is 7.43. The average Bonchev–Trinajstić information content (AvgIpc) is 3.21. The maximum Gasteiger partial charge on any atom is 0.251 e. The third-order valence-corrected chi connectivity index (χ3v) is 5.92. The third kappa shape index (κ3) is 3.80. The summed E-state index contributed by atoms with van der Waals surface area (Å²) in [6.07, 6.45) is 6.38. The molecule has 1 amide bonds. The van der Waals surface area contributed by atoms with E-state index in [1.807, 2.05) is 30.3 Å². The van der Waals surface area contributed by atoms with Crippen LogP contribution in [0.4, 0.5) is 5.69 Å². The molecule has 28 heavy (non-hydrogen) atoms. The molecule has 0 unspecified atom stereocenters. The molecule has 1 aliphatic carbocycles. The fraction of sp³-hybridized carbons (Fsp3) is 0.348. The molecule has 0 saturated carbocycles. The van der Waals surface area contributed by atoms with Crippen LogP contribution in [0.15, 0.2) is 54.6 Å². The van der Waals surface area contributed by atoms with E-state index < -0.39 is 0 Å². The van der Waals surface area contributed by atoms with E-state index in [0.717, 1.165) is 23.6 Å². The minimum atomic E-state index is -0.0303. The molecule has 0 bridgehead atoms. The van der Waals surface area contributed by atoms with Gasteiger partial charge >= 0.3 is 0 Å². The second kappa shape index (κ2) is 8.38. The number of halogens is 1. The maximum absolute atomic E-state index is 12.5. The lowest BCUT2D eigenvalue weighted by Crippen LogP contribution is -2.30. The molecule has 146 valence electrons. The molecule has 0 radical (unpaired) electrons. The van der Waals surface area contributed by atoms with Crippen molar-refractivity contribution in [3.63, 3.8) is 0 Å². The van der Waals surface area contributed by atoms with Gasteiger partial charge in [-0.15, -0.1) is 0 Å². The van der Waals surface area contributed by atoms with Crippen LogP contribution >= 0.6 is 11.6 Å². The predicted octanol–water partition coefficient (Wildman–Crippen LogP) is 4.93. The zero-order valence-corrected chi connectivity index (χ0v) is 16.7. The third-order valence-electron chi connectivity index (χ3n) is 5.66. The molecule has 2 aromatic rings. The van der Waals surface area contributed by atoms with Gasteiger partial charge < -0.3 is 15.4 Å². The quantitative estimate of drug-likeness (QED) is 0.537. The number of hydrogen-bond donors (Lipinski definition) is 2. The molecule has 0 saturated heterocycles. The summed E-state index contributed by atoms with van der Waals surface area (Å²) < 4.78 is 5.03. The largest absolute Gasteiger partial charge is 0.385 e. The van der Waals surface area contributed by atoms with Gasteiger partial charge in [-0.25, -0.2) is 0 Å². The Balaban J connectivity index is 1.56. The van der Waals surface area contributed by atoms with Crippen molar-refractivity contribution in [2.45, 2.75) is 24.8 Å². The Morgan fingerprint density at radius 2 is 2.07 bits per heavy atom. The molecule has 2 N–H and O–H groups in total. The van der Waals surface area contributed by atoms with Crippen LogP contribution in [0.1, 0.15) is 46.3 Å². The highest BCUT2D eigenvalue weighted by Crippen LogP contribution is 2.49. The molecule has 3 atom stereocenters. The normalized spacial score (nSPS) is 22.3. The Kier molecular flexibility index (Phi) is 5.69. The number of anilines is 1. The number of hydrogen-bond acceptors (Lipinski definition) is 3. The first kappa shape index (κ1) is 19.0. The minimum Gasteiger partial charge on any atom is -0.385 e. The van der Waals surface area contributed by atoms with Crippen LogP contribution in [0.25, 0.3) is 0 Å². The Morgan fingerprint density at radius 1 is 1.25 bits per heavy atom. The minimum absolute atomic E-state index is 0.0303. The molecule has 2 aliphatic rings. The summed E-state index contributed by atoms with van der Waals surface area (Å²) in [4.78, 5) is 12.5. The predicted molar refractivity (Wildman–Crippen MR) is 113 cm³/mol. The van der Waals surface area contributed by atoms with Gasteiger partial charge in [-0.3, -0.25) is 4.79 Å². The van der Waals surface area contributed by atoms with Crippen molar-refractivity contribution in [2.24, 2.45) is 5.92 Å². The lowest BCUT2D eigenvalue weighted by atomic mass is 9.76. The maximum atomic E-state index is 12.5. The van der Waals surface area contributed by atoms with Crippen LogP contribution in [0.5, 0.6) is 0 Å². The highest BCUT2D eigenvalue weighted by molar-refractivity contribution is 6.30. The number of allylic oxidation sites excluding steroid dienone is 2. The molecule has 0 spiro atoms. The first-order valence-electron chi connectivity index (χ1n) is 9.77. The van der Waals surface area contributed by atoms with Crippen LogP contribution in [0, 0.1) is 5.92 Å². The van der Waals surface area contributed by atoms with E-state index in [2.05, 4.69) is 34.9 Å². The molecule has 0 aromatic heterocycles. The van der Waals surface area contributed by atoms with Crippen molar-refractivity contribution < 1.29 is 9.53 Å². The average molecular weight is 397 g/mol. The molecule has 4 nitrogen and oxygen atoms in total. The second-order valence-corrected chi connectivity index (χ2v) is 7.87.